The van der Waals surface area contributed by atoms with Gasteiger partial charge in [-0.3, -0.25) is 0 Å². The van der Waals surface area contributed by atoms with Gasteiger partial charge in [0, 0.05) is 13.1 Å². The van der Waals surface area contributed by atoms with Gasteiger partial charge in [-0.05, 0) is 24.6 Å². The van der Waals surface area contributed by atoms with E-state index in [4.69, 9.17) is 9.47 Å². The quantitative estimate of drug-likeness (QED) is 0.897. The summed E-state index contributed by atoms with van der Waals surface area (Å²) in [5.41, 5.74) is 1.11. The Morgan fingerprint density at radius 1 is 1.11 bits per heavy atom. The minimum absolute atomic E-state index is 0.469. The molecule has 5 heteroatoms. The van der Waals surface area contributed by atoms with Crippen LogP contribution >= 0.6 is 0 Å². The van der Waals surface area contributed by atoms with Crippen molar-refractivity contribution in [3.8, 4) is 17.4 Å². The maximum absolute atomic E-state index is 5.68. The van der Waals surface area contributed by atoms with Crippen LogP contribution in [0.1, 0.15) is 5.56 Å². The zero-order valence-corrected chi connectivity index (χ0v) is 10.6. The summed E-state index contributed by atoms with van der Waals surface area (Å²) in [5, 5.41) is 2.93. The molecule has 1 heterocycles. The summed E-state index contributed by atoms with van der Waals surface area (Å²) in [5.74, 6) is 2.48. The Morgan fingerprint density at radius 3 is 2.67 bits per heavy atom. The molecule has 0 aliphatic carbocycles. The molecule has 0 spiro atoms. The summed E-state index contributed by atoms with van der Waals surface area (Å²) in [6.45, 7) is 2.00. The molecule has 0 unspecified atom stereocenters. The number of aromatic nitrogens is 2. The predicted octanol–water partition coefficient (Wildman–Crippen LogP) is 2.63. The van der Waals surface area contributed by atoms with Gasteiger partial charge < -0.3 is 14.8 Å². The number of nitrogens with one attached hydrogen (secondary N) is 1. The van der Waals surface area contributed by atoms with Crippen molar-refractivity contribution in [2.45, 2.75) is 6.92 Å². The number of methoxy groups -OCH3 is 1. The number of hydrogen-bond donors (Lipinski definition) is 1. The van der Waals surface area contributed by atoms with Crippen LogP contribution in [0.5, 0.6) is 17.4 Å². The Labute approximate surface area is 106 Å². The summed E-state index contributed by atoms with van der Waals surface area (Å²) < 4.78 is 11.0. The molecule has 0 amide bonds. The fourth-order valence-electron chi connectivity index (χ4n) is 1.50. The summed E-state index contributed by atoms with van der Waals surface area (Å²) in [4.78, 5) is 8.07. The van der Waals surface area contributed by atoms with Gasteiger partial charge in [-0.15, -0.1) is 0 Å². The third-order valence-electron chi connectivity index (χ3n) is 2.43. The van der Waals surface area contributed by atoms with E-state index in [0.29, 0.717) is 23.2 Å². The molecule has 0 atom stereocenters. The highest BCUT2D eigenvalue weighted by Gasteiger charge is 2.07. The normalized spacial score (nSPS) is 9.94. The van der Waals surface area contributed by atoms with Crippen molar-refractivity contribution in [1.82, 2.24) is 9.97 Å². The fraction of sp³-hybridized carbons (Fsp3) is 0.231. The predicted molar refractivity (Wildman–Crippen MR) is 69.4 cm³/mol. The average Bonchev–Trinajstić information content (AvgIpc) is 2.41. The molecule has 1 N–H and O–H groups in total. The molecule has 0 aliphatic heterocycles. The van der Waals surface area contributed by atoms with E-state index in [9.17, 15) is 0 Å². The van der Waals surface area contributed by atoms with Crippen molar-refractivity contribution in [3.63, 3.8) is 0 Å². The smallest absolute Gasteiger partial charge is 0.224 e. The molecule has 1 aromatic heterocycles. The van der Waals surface area contributed by atoms with Crippen LogP contribution in [0.25, 0.3) is 0 Å². The molecule has 0 radical (unpaired) electrons. The number of nitrogens with zero attached hydrogens (tertiary/aromatic N) is 2. The van der Waals surface area contributed by atoms with Crippen molar-refractivity contribution in [2.75, 3.05) is 19.5 Å². The number of ether oxygens (including phenoxy) is 2. The molecule has 2 aromatic rings. The van der Waals surface area contributed by atoms with Crippen LogP contribution in [-0.4, -0.2) is 24.1 Å². The Kier molecular flexibility index (Phi) is 3.62. The molecular weight excluding hydrogens is 230 g/mol. The molecule has 1 aromatic carbocycles. The van der Waals surface area contributed by atoms with Crippen molar-refractivity contribution in [1.29, 1.82) is 0 Å². The van der Waals surface area contributed by atoms with Crippen LogP contribution in [0, 0.1) is 6.92 Å². The van der Waals surface area contributed by atoms with E-state index >= 15 is 0 Å². The first-order valence-electron chi connectivity index (χ1n) is 5.55. The van der Waals surface area contributed by atoms with Crippen LogP contribution in [0.3, 0.4) is 0 Å². The van der Waals surface area contributed by atoms with Crippen molar-refractivity contribution < 1.29 is 9.47 Å². The van der Waals surface area contributed by atoms with E-state index in [1.165, 1.54) is 6.33 Å². The Morgan fingerprint density at radius 2 is 1.94 bits per heavy atom. The molecular formula is C13H15N3O2. The van der Waals surface area contributed by atoms with Gasteiger partial charge in [-0.2, -0.15) is 0 Å². The summed E-state index contributed by atoms with van der Waals surface area (Å²) >= 11 is 0. The second kappa shape index (κ2) is 5.35. The van der Waals surface area contributed by atoms with E-state index in [1.54, 1.807) is 20.2 Å². The van der Waals surface area contributed by atoms with Gasteiger partial charge >= 0.3 is 0 Å². The summed E-state index contributed by atoms with van der Waals surface area (Å²) in [6.07, 6.45) is 1.45. The fourth-order valence-corrected chi connectivity index (χ4v) is 1.50. The minimum Gasteiger partial charge on any atom is -0.493 e. The molecule has 0 fully saturated rings. The van der Waals surface area contributed by atoms with E-state index in [1.807, 2.05) is 25.1 Å². The lowest BCUT2D eigenvalue weighted by molar-refractivity contribution is 0.373. The number of hydrogen-bond acceptors (Lipinski definition) is 5. The SMILES string of the molecule is CNc1cc(Oc2ccc(C)cc2OC)ncn1. The summed E-state index contributed by atoms with van der Waals surface area (Å²) in [6, 6.07) is 7.45. The largest absolute Gasteiger partial charge is 0.493 e. The zero-order chi connectivity index (χ0) is 13.0. The molecule has 5 nitrogen and oxygen atoms in total. The van der Waals surface area contributed by atoms with Gasteiger partial charge in [-0.25, -0.2) is 9.97 Å². The maximum atomic E-state index is 5.68. The lowest BCUT2D eigenvalue weighted by atomic mass is 10.2. The van der Waals surface area contributed by atoms with E-state index < -0.39 is 0 Å². The number of anilines is 1. The first-order valence-corrected chi connectivity index (χ1v) is 5.55. The van der Waals surface area contributed by atoms with E-state index in [2.05, 4.69) is 15.3 Å². The number of aryl methyl sites for hydroxylation is 1. The Hall–Kier alpha value is -2.30. The third-order valence-corrected chi connectivity index (χ3v) is 2.43. The van der Waals surface area contributed by atoms with Crippen LogP contribution in [0.2, 0.25) is 0 Å². The highest BCUT2D eigenvalue weighted by atomic mass is 16.5. The summed E-state index contributed by atoms with van der Waals surface area (Å²) in [7, 11) is 3.40. The Balaban J connectivity index is 2.27. The first kappa shape index (κ1) is 12.2. The standard InChI is InChI=1S/C13H15N3O2/c1-9-4-5-10(11(6-9)17-3)18-13-7-12(14-2)15-8-16-13/h4-8H,1-3H3,(H,14,15,16). The molecule has 18 heavy (non-hydrogen) atoms. The van der Waals surface area contributed by atoms with Gasteiger partial charge in [0.1, 0.15) is 12.1 Å². The van der Waals surface area contributed by atoms with Gasteiger partial charge in [0.25, 0.3) is 0 Å². The molecule has 0 bridgehead atoms. The zero-order valence-electron chi connectivity index (χ0n) is 10.6. The molecule has 2 rings (SSSR count). The second-order valence-corrected chi connectivity index (χ2v) is 3.75. The maximum Gasteiger partial charge on any atom is 0.224 e. The number of rotatable bonds is 4. The van der Waals surface area contributed by atoms with Gasteiger partial charge in [0.2, 0.25) is 5.88 Å². The number of benzene rings is 1. The van der Waals surface area contributed by atoms with Crippen LogP contribution in [0.4, 0.5) is 5.82 Å². The molecule has 94 valence electrons. The van der Waals surface area contributed by atoms with Crippen LogP contribution in [-0.2, 0) is 0 Å². The van der Waals surface area contributed by atoms with Crippen molar-refractivity contribution in [2.24, 2.45) is 0 Å². The van der Waals surface area contributed by atoms with Crippen LogP contribution < -0.4 is 14.8 Å². The van der Waals surface area contributed by atoms with Gasteiger partial charge in [-0.1, -0.05) is 6.07 Å². The van der Waals surface area contributed by atoms with Gasteiger partial charge in [0.15, 0.2) is 11.5 Å². The highest BCUT2D eigenvalue weighted by Crippen LogP contribution is 2.31. The average molecular weight is 245 g/mol. The first-order chi connectivity index (χ1) is 8.72. The van der Waals surface area contributed by atoms with E-state index in [0.717, 1.165) is 5.56 Å². The third kappa shape index (κ3) is 2.68. The van der Waals surface area contributed by atoms with Gasteiger partial charge in [0.05, 0.1) is 7.11 Å². The molecule has 0 aliphatic rings. The Bertz CT molecular complexity index is 544. The van der Waals surface area contributed by atoms with Crippen LogP contribution in [0.15, 0.2) is 30.6 Å². The minimum atomic E-state index is 0.469. The van der Waals surface area contributed by atoms with Crippen molar-refractivity contribution >= 4 is 5.82 Å². The lowest BCUT2D eigenvalue weighted by Gasteiger charge is -2.10. The highest BCUT2D eigenvalue weighted by molar-refractivity contribution is 5.45. The molecule has 0 saturated carbocycles. The van der Waals surface area contributed by atoms with E-state index in [-0.39, 0.29) is 0 Å². The lowest BCUT2D eigenvalue weighted by Crippen LogP contribution is -1.96. The second-order valence-electron chi connectivity index (χ2n) is 3.75. The monoisotopic (exact) mass is 245 g/mol. The van der Waals surface area contributed by atoms with Crippen molar-refractivity contribution in [3.05, 3.63) is 36.2 Å². The topological polar surface area (TPSA) is 56.3 Å². The molecule has 0 saturated heterocycles.